The first-order valence-corrected chi connectivity index (χ1v) is 13.1. The summed E-state index contributed by atoms with van der Waals surface area (Å²) < 4.78 is 12.0. The Labute approximate surface area is 218 Å². The number of amides is 2. The van der Waals surface area contributed by atoms with Crippen molar-refractivity contribution in [1.29, 1.82) is 0 Å². The number of para-hydroxylation sites is 1. The van der Waals surface area contributed by atoms with Crippen LogP contribution in [0.1, 0.15) is 43.7 Å². The van der Waals surface area contributed by atoms with Gasteiger partial charge >= 0.3 is 5.97 Å². The monoisotopic (exact) mass is 510 g/mol. The van der Waals surface area contributed by atoms with Crippen LogP contribution in [0.5, 0.6) is 0 Å². The lowest BCUT2D eigenvalue weighted by molar-refractivity contribution is -0.155. The van der Waals surface area contributed by atoms with E-state index in [1.165, 1.54) is 4.90 Å². The minimum Gasteiger partial charge on any atom is -0.465 e. The molecule has 2 amide bonds. The van der Waals surface area contributed by atoms with Crippen LogP contribution in [0.2, 0.25) is 0 Å². The van der Waals surface area contributed by atoms with Gasteiger partial charge in [-0.2, -0.15) is 0 Å². The highest BCUT2D eigenvalue weighted by Crippen LogP contribution is 2.59. The summed E-state index contributed by atoms with van der Waals surface area (Å²) in [5.74, 6) is -2.70. The Hall–Kier alpha value is -2.97. The van der Waals surface area contributed by atoms with Gasteiger partial charge in [-0.25, -0.2) is 0 Å². The maximum atomic E-state index is 14.5. The van der Waals surface area contributed by atoms with Crippen LogP contribution in [0.25, 0.3) is 0 Å². The molecule has 3 fully saturated rings. The third kappa shape index (κ3) is 4.40. The van der Waals surface area contributed by atoms with Crippen molar-refractivity contribution >= 4 is 23.5 Å². The summed E-state index contributed by atoms with van der Waals surface area (Å²) in [4.78, 5) is 44.7. The fourth-order valence-corrected chi connectivity index (χ4v) is 6.50. The quantitative estimate of drug-likeness (QED) is 0.279. The smallest absolute Gasteiger partial charge is 0.312 e. The van der Waals surface area contributed by atoms with E-state index in [2.05, 4.69) is 13.2 Å². The van der Waals surface area contributed by atoms with E-state index >= 15 is 0 Å². The molecule has 0 saturated carbocycles. The summed E-state index contributed by atoms with van der Waals surface area (Å²) in [5.41, 5.74) is 1.46. The van der Waals surface area contributed by atoms with Gasteiger partial charge in [0.1, 0.15) is 11.6 Å². The van der Waals surface area contributed by atoms with Crippen LogP contribution in [-0.4, -0.2) is 71.3 Å². The number of esters is 1. The highest BCUT2D eigenvalue weighted by molar-refractivity contribution is 6.05. The molecule has 2 bridgehead atoms. The zero-order valence-electron chi connectivity index (χ0n) is 22.0. The number of aryl methyl sites for hydroxylation is 2. The average molecular weight is 511 g/mol. The number of aliphatic hydroxyl groups is 1. The second-order valence-electron chi connectivity index (χ2n) is 10.4. The number of nitrogens with zero attached hydrogens (tertiary/aromatic N) is 2. The minimum absolute atomic E-state index is 0.237. The number of hydrogen-bond acceptors (Lipinski definition) is 6. The molecule has 3 heterocycles. The van der Waals surface area contributed by atoms with Crippen molar-refractivity contribution in [3.8, 4) is 0 Å². The van der Waals surface area contributed by atoms with Crippen molar-refractivity contribution in [1.82, 2.24) is 4.90 Å². The van der Waals surface area contributed by atoms with Crippen LogP contribution in [0.15, 0.2) is 43.5 Å². The molecule has 0 radical (unpaired) electrons. The number of aliphatic hydroxyl groups excluding tert-OH is 1. The maximum Gasteiger partial charge on any atom is 0.312 e. The predicted octanol–water partition coefficient (Wildman–Crippen LogP) is 3.09. The van der Waals surface area contributed by atoms with Crippen molar-refractivity contribution in [2.75, 3.05) is 24.7 Å². The van der Waals surface area contributed by atoms with Gasteiger partial charge < -0.3 is 24.4 Å². The highest BCUT2D eigenvalue weighted by Gasteiger charge is 2.75. The molecule has 4 rings (SSSR count). The number of carbonyl (C=O) groups excluding carboxylic acids is 3. The van der Waals surface area contributed by atoms with Gasteiger partial charge in [0.05, 0.1) is 37.2 Å². The Morgan fingerprint density at radius 2 is 2.00 bits per heavy atom. The third-order valence-electron chi connectivity index (χ3n) is 8.07. The Morgan fingerprint density at radius 3 is 2.62 bits per heavy atom. The summed E-state index contributed by atoms with van der Waals surface area (Å²) in [5, 5.41) is 10.1. The fourth-order valence-electron chi connectivity index (χ4n) is 6.50. The molecule has 1 aromatic carbocycles. The van der Waals surface area contributed by atoms with Crippen LogP contribution < -0.4 is 4.90 Å². The average Bonchev–Trinajstić information content (AvgIpc) is 3.52. The number of rotatable bonds is 11. The maximum absolute atomic E-state index is 14.5. The largest absolute Gasteiger partial charge is 0.465 e. The van der Waals surface area contributed by atoms with Gasteiger partial charge in [0.2, 0.25) is 5.91 Å². The summed E-state index contributed by atoms with van der Waals surface area (Å²) >= 11 is 0. The van der Waals surface area contributed by atoms with Crippen LogP contribution in [0.3, 0.4) is 0 Å². The molecule has 1 N–H and O–H groups in total. The lowest BCUT2D eigenvalue weighted by Crippen LogP contribution is -2.58. The third-order valence-corrected chi connectivity index (χ3v) is 8.07. The predicted molar refractivity (Wildman–Crippen MR) is 140 cm³/mol. The molecule has 6 atom stereocenters. The number of likely N-dealkylation sites (tertiary alicyclic amines) is 1. The Kier molecular flexibility index (Phi) is 7.90. The van der Waals surface area contributed by atoms with E-state index in [1.54, 1.807) is 24.0 Å². The van der Waals surface area contributed by atoms with E-state index in [0.29, 0.717) is 19.3 Å². The van der Waals surface area contributed by atoms with Gasteiger partial charge in [0.25, 0.3) is 5.91 Å². The molecule has 0 aromatic heterocycles. The number of fused-ring (bicyclic) bond motifs is 1. The summed E-state index contributed by atoms with van der Waals surface area (Å²) in [6.45, 7) is 13.3. The van der Waals surface area contributed by atoms with Crippen molar-refractivity contribution in [2.45, 2.75) is 70.2 Å². The molecule has 8 nitrogen and oxygen atoms in total. The zero-order chi connectivity index (χ0) is 26.9. The highest BCUT2D eigenvalue weighted by atomic mass is 16.6. The molecule has 200 valence electrons. The van der Waals surface area contributed by atoms with Crippen molar-refractivity contribution in [3.63, 3.8) is 0 Å². The van der Waals surface area contributed by atoms with Crippen LogP contribution in [0, 0.1) is 25.7 Å². The van der Waals surface area contributed by atoms with Gasteiger partial charge in [-0.05, 0) is 57.6 Å². The SMILES string of the molecule is C=CCCCOC(=O)[C@@H]1[C@@H]2CCC3(O2)C(C(=O)N(CC=C)c2c(C)cccc2C)N([C@H](C)CO)C(=O)[C@H]13. The summed E-state index contributed by atoms with van der Waals surface area (Å²) in [7, 11) is 0. The van der Waals surface area contributed by atoms with Crippen molar-refractivity contribution < 1.29 is 29.0 Å². The van der Waals surface area contributed by atoms with Crippen LogP contribution in [0.4, 0.5) is 5.69 Å². The van der Waals surface area contributed by atoms with Crippen LogP contribution in [-0.2, 0) is 23.9 Å². The minimum atomic E-state index is -1.15. The van der Waals surface area contributed by atoms with E-state index < -0.39 is 41.6 Å². The number of hydrogen-bond donors (Lipinski definition) is 1. The molecule has 3 aliphatic rings. The molecule has 0 aliphatic carbocycles. The van der Waals surface area contributed by atoms with E-state index in [4.69, 9.17) is 9.47 Å². The molecule has 3 saturated heterocycles. The number of benzene rings is 1. The molecular formula is C29H38N2O6. The first kappa shape index (κ1) is 27.1. The lowest BCUT2D eigenvalue weighted by Gasteiger charge is -2.39. The number of ether oxygens (including phenoxy) is 2. The fraction of sp³-hybridized carbons (Fsp3) is 0.552. The Morgan fingerprint density at radius 1 is 1.30 bits per heavy atom. The molecule has 1 spiro atoms. The van der Waals surface area contributed by atoms with Crippen molar-refractivity contribution in [2.24, 2.45) is 11.8 Å². The zero-order valence-corrected chi connectivity index (χ0v) is 22.0. The van der Waals surface area contributed by atoms with E-state index in [0.717, 1.165) is 23.2 Å². The second kappa shape index (κ2) is 10.8. The number of anilines is 1. The molecule has 1 aromatic rings. The van der Waals surface area contributed by atoms with Gasteiger partial charge in [-0.1, -0.05) is 30.4 Å². The van der Waals surface area contributed by atoms with E-state index in [1.807, 2.05) is 32.0 Å². The molecule has 2 unspecified atom stereocenters. The molecule has 37 heavy (non-hydrogen) atoms. The van der Waals surface area contributed by atoms with Crippen LogP contribution >= 0.6 is 0 Å². The van der Waals surface area contributed by atoms with Crippen molar-refractivity contribution in [3.05, 3.63) is 54.6 Å². The van der Waals surface area contributed by atoms with Gasteiger partial charge in [-0.15, -0.1) is 13.2 Å². The molecule has 8 heteroatoms. The first-order chi connectivity index (χ1) is 17.7. The molecule has 3 aliphatic heterocycles. The second-order valence-corrected chi connectivity index (χ2v) is 10.4. The van der Waals surface area contributed by atoms with E-state index in [-0.39, 0.29) is 31.6 Å². The summed E-state index contributed by atoms with van der Waals surface area (Å²) in [6.07, 6.45) is 5.36. The summed E-state index contributed by atoms with van der Waals surface area (Å²) in [6, 6.07) is 4.21. The number of allylic oxidation sites excluding steroid dienone is 1. The van der Waals surface area contributed by atoms with Gasteiger partial charge in [0.15, 0.2) is 0 Å². The Bertz CT molecular complexity index is 1070. The van der Waals surface area contributed by atoms with Gasteiger partial charge in [0, 0.05) is 12.2 Å². The first-order valence-electron chi connectivity index (χ1n) is 13.1. The molecular weight excluding hydrogens is 472 g/mol. The number of carbonyl (C=O) groups is 3. The Balaban J connectivity index is 1.74. The van der Waals surface area contributed by atoms with E-state index in [9.17, 15) is 19.5 Å². The lowest BCUT2D eigenvalue weighted by atomic mass is 9.70. The standard InChI is InChI=1S/C29H38N2O6/c1-6-8-9-16-36-28(35)22-21-13-14-29(37-21)23(22)26(33)31(20(5)17-32)25(29)27(34)30(15-7-2)24-18(3)11-10-12-19(24)4/h6-7,10-12,20-23,25,32H,1-2,8-9,13-17H2,3-5H3/t20-,21+,22-,23+,25?,29?/m1/s1. The number of unbranched alkanes of at least 4 members (excludes halogenated alkanes) is 1. The van der Waals surface area contributed by atoms with Gasteiger partial charge in [-0.3, -0.25) is 14.4 Å². The topological polar surface area (TPSA) is 96.4 Å². The normalized spacial score (nSPS) is 28.6.